The molecule has 4 rings (SSSR count). The van der Waals surface area contributed by atoms with Crippen molar-refractivity contribution in [3.63, 3.8) is 0 Å². The molecule has 1 aliphatic rings. The Balaban J connectivity index is 1.37. The zero-order chi connectivity index (χ0) is 27.5. The highest BCUT2D eigenvalue weighted by atomic mass is 16.3. The summed E-state index contributed by atoms with van der Waals surface area (Å²) in [5.74, 6) is 0.00388. The molecule has 0 saturated carbocycles. The number of hydrogen-bond donors (Lipinski definition) is 4. The van der Waals surface area contributed by atoms with Gasteiger partial charge in [-0.15, -0.1) is 6.58 Å². The molecule has 1 aromatic heterocycles. The van der Waals surface area contributed by atoms with Gasteiger partial charge in [0.15, 0.2) is 5.76 Å². The molecule has 0 bridgehead atoms. The minimum Gasteiger partial charge on any atom is -0.459 e. The molecule has 4 N–H and O–H groups in total. The normalized spacial score (nSPS) is 13.2. The van der Waals surface area contributed by atoms with Crippen LogP contribution in [0.5, 0.6) is 0 Å². The monoisotopic (exact) mass is 530 g/mol. The molecule has 2 heterocycles. The van der Waals surface area contributed by atoms with Crippen LogP contribution in [0, 0.1) is 6.92 Å². The summed E-state index contributed by atoms with van der Waals surface area (Å²) < 4.78 is 5.31. The van der Waals surface area contributed by atoms with Gasteiger partial charge in [-0.25, -0.2) is 4.79 Å². The molecule has 1 fully saturated rings. The first kappa shape index (κ1) is 27.8. The quantitative estimate of drug-likeness (QED) is 0.208. The molecular weight excluding hydrogens is 492 g/mol. The van der Waals surface area contributed by atoms with Crippen LogP contribution in [-0.2, 0) is 6.54 Å². The SMILES string of the molecule is C=CCNC(=O)NCCCNCc1ccc(N2CCN(c3ccccc3C)CC2)c(NC(=O)c2ccco2)c1. The van der Waals surface area contributed by atoms with Crippen LogP contribution in [0.4, 0.5) is 21.9 Å². The van der Waals surface area contributed by atoms with Gasteiger partial charge in [-0.1, -0.05) is 30.3 Å². The van der Waals surface area contributed by atoms with E-state index in [4.69, 9.17) is 4.42 Å². The van der Waals surface area contributed by atoms with Crippen LogP contribution >= 0.6 is 0 Å². The van der Waals surface area contributed by atoms with Crippen LogP contribution in [0.25, 0.3) is 0 Å². The Bertz CT molecular complexity index is 1240. The lowest BCUT2D eigenvalue weighted by Crippen LogP contribution is -2.47. The summed E-state index contributed by atoms with van der Waals surface area (Å²) in [7, 11) is 0. The third-order valence-corrected chi connectivity index (χ3v) is 6.68. The summed E-state index contributed by atoms with van der Waals surface area (Å²) in [6.07, 6.45) is 3.94. The molecule has 0 radical (unpaired) electrons. The first-order valence-corrected chi connectivity index (χ1v) is 13.4. The molecule has 3 amide bonds. The second kappa shape index (κ2) is 14.1. The molecule has 3 aromatic rings. The average Bonchev–Trinajstić information content (AvgIpc) is 3.50. The van der Waals surface area contributed by atoms with Crippen molar-refractivity contribution in [3.8, 4) is 0 Å². The summed E-state index contributed by atoms with van der Waals surface area (Å²) in [5, 5.41) is 12.0. The highest BCUT2D eigenvalue weighted by Crippen LogP contribution is 2.30. The molecule has 9 nitrogen and oxygen atoms in total. The molecule has 206 valence electrons. The van der Waals surface area contributed by atoms with Crippen molar-refractivity contribution in [3.05, 3.63) is 90.4 Å². The van der Waals surface area contributed by atoms with Crippen LogP contribution in [0.3, 0.4) is 0 Å². The minimum absolute atomic E-state index is 0.192. The van der Waals surface area contributed by atoms with Crippen molar-refractivity contribution < 1.29 is 14.0 Å². The third kappa shape index (κ3) is 7.87. The standard InChI is InChI=1S/C30H38N6O3/c1-3-13-32-30(38)33-15-7-14-31-22-24-11-12-27(25(21-24)34-29(37)28-10-6-20-39-28)36-18-16-35(17-19-36)26-9-5-4-8-23(26)2/h3-6,8-12,20-21,31H,1,7,13-19,22H2,2H3,(H,34,37)(H2,32,33,38). The molecule has 0 atom stereocenters. The Hall–Kier alpha value is -4.24. The van der Waals surface area contributed by atoms with Crippen LogP contribution in [-0.4, -0.2) is 57.8 Å². The van der Waals surface area contributed by atoms with Crippen molar-refractivity contribution >= 4 is 29.0 Å². The van der Waals surface area contributed by atoms with E-state index >= 15 is 0 Å². The number of nitrogens with one attached hydrogen (secondary N) is 4. The third-order valence-electron chi connectivity index (χ3n) is 6.68. The van der Waals surface area contributed by atoms with Crippen molar-refractivity contribution in [1.82, 2.24) is 16.0 Å². The number of para-hydroxylation sites is 1. The van der Waals surface area contributed by atoms with Gasteiger partial charge in [0.05, 0.1) is 17.6 Å². The van der Waals surface area contributed by atoms with E-state index in [0.29, 0.717) is 19.6 Å². The van der Waals surface area contributed by atoms with Crippen molar-refractivity contribution in [1.29, 1.82) is 0 Å². The van der Waals surface area contributed by atoms with E-state index in [0.717, 1.165) is 56.1 Å². The van der Waals surface area contributed by atoms with Crippen LogP contribution in [0.2, 0.25) is 0 Å². The zero-order valence-corrected chi connectivity index (χ0v) is 22.5. The second-order valence-corrected chi connectivity index (χ2v) is 9.50. The topological polar surface area (TPSA) is 102 Å². The smallest absolute Gasteiger partial charge is 0.315 e. The van der Waals surface area contributed by atoms with Crippen molar-refractivity contribution in [2.75, 3.05) is 60.9 Å². The molecule has 0 aliphatic carbocycles. The Kier molecular flexibility index (Phi) is 10.0. The van der Waals surface area contributed by atoms with Gasteiger partial charge >= 0.3 is 6.03 Å². The van der Waals surface area contributed by atoms with Crippen LogP contribution < -0.4 is 31.1 Å². The highest BCUT2D eigenvalue weighted by molar-refractivity contribution is 6.04. The summed E-state index contributed by atoms with van der Waals surface area (Å²) in [6.45, 7) is 11.7. The summed E-state index contributed by atoms with van der Waals surface area (Å²) in [5.41, 5.74) is 5.38. The molecular formula is C30H38N6O3. The van der Waals surface area contributed by atoms with Gasteiger partial charge in [-0.2, -0.15) is 0 Å². The minimum atomic E-state index is -0.272. The van der Waals surface area contributed by atoms with E-state index in [1.807, 2.05) is 6.07 Å². The van der Waals surface area contributed by atoms with E-state index in [2.05, 4.69) is 81.0 Å². The molecule has 1 saturated heterocycles. The number of furan rings is 1. The Labute approximate surface area is 230 Å². The van der Waals surface area contributed by atoms with Gasteiger partial charge < -0.3 is 35.5 Å². The van der Waals surface area contributed by atoms with Gasteiger partial charge in [0.1, 0.15) is 0 Å². The summed E-state index contributed by atoms with van der Waals surface area (Å²) in [6, 6.07) is 17.9. The molecule has 0 unspecified atom stereocenters. The maximum Gasteiger partial charge on any atom is 0.315 e. The Morgan fingerprint density at radius 2 is 1.72 bits per heavy atom. The molecule has 39 heavy (non-hydrogen) atoms. The van der Waals surface area contributed by atoms with Gasteiger partial charge in [0.2, 0.25) is 0 Å². The van der Waals surface area contributed by atoms with E-state index in [-0.39, 0.29) is 17.7 Å². The van der Waals surface area contributed by atoms with Crippen LogP contribution in [0.1, 0.15) is 28.1 Å². The number of carbonyl (C=O) groups is 2. The number of nitrogens with zero attached hydrogens (tertiary/aromatic N) is 2. The number of anilines is 3. The van der Waals surface area contributed by atoms with Crippen LogP contribution in [0.15, 0.2) is 77.9 Å². The Morgan fingerprint density at radius 3 is 2.44 bits per heavy atom. The molecule has 2 aromatic carbocycles. The molecule has 9 heteroatoms. The first-order valence-electron chi connectivity index (χ1n) is 13.4. The van der Waals surface area contributed by atoms with E-state index in [9.17, 15) is 9.59 Å². The lowest BCUT2D eigenvalue weighted by Gasteiger charge is -2.38. The fraction of sp³-hybridized carbons (Fsp3) is 0.333. The number of rotatable bonds is 12. The number of urea groups is 1. The zero-order valence-electron chi connectivity index (χ0n) is 22.5. The predicted octanol–water partition coefficient (Wildman–Crippen LogP) is 4.13. The Morgan fingerprint density at radius 1 is 0.949 bits per heavy atom. The fourth-order valence-corrected chi connectivity index (χ4v) is 4.64. The number of amides is 3. The molecule has 0 spiro atoms. The lowest BCUT2D eigenvalue weighted by atomic mass is 10.1. The van der Waals surface area contributed by atoms with E-state index < -0.39 is 0 Å². The highest BCUT2D eigenvalue weighted by Gasteiger charge is 2.22. The average molecular weight is 531 g/mol. The lowest BCUT2D eigenvalue weighted by molar-refractivity contribution is 0.0996. The van der Waals surface area contributed by atoms with E-state index in [1.54, 1.807) is 18.2 Å². The van der Waals surface area contributed by atoms with Crippen molar-refractivity contribution in [2.45, 2.75) is 19.9 Å². The number of carbonyl (C=O) groups excluding carboxylic acids is 2. The van der Waals surface area contributed by atoms with Crippen molar-refractivity contribution in [2.24, 2.45) is 0 Å². The van der Waals surface area contributed by atoms with Gasteiger partial charge in [-0.3, -0.25) is 4.79 Å². The number of benzene rings is 2. The fourth-order valence-electron chi connectivity index (χ4n) is 4.64. The first-order chi connectivity index (χ1) is 19.0. The van der Waals surface area contributed by atoms with Gasteiger partial charge in [0, 0.05) is 51.5 Å². The number of aryl methyl sites for hydroxylation is 1. The summed E-state index contributed by atoms with van der Waals surface area (Å²) in [4.78, 5) is 29.2. The number of piperazine rings is 1. The second-order valence-electron chi connectivity index (χ2n) is 9.50. The maximum atomic E-state index is 12.9. The maximum absolute atomic E-state index is 12.9. The largest absolute Gasteiger partial charge is 0.459 e. The predicted molar refractivity (Wildman–Crippen MR) is 157 cm³/mol. The van der Waals surface area contributed by atoms with Gasteiger partial charge in [0.25, 0.3) is 5.91 Å². The number of hydrogen-bond acceptors (Lipinski definition) is 6. The molecule has 1 aliphatic heterocycles. The van der Waals surface area contributed by atoms with Gasteiger partial charge in [-0.05, 0) is 61.3 Å². The summed E-state index contributed by atoms with van der Waals surface area (Å²) >= 11 is 0. The van der Waals surface area contributed by atoms with E-state index in [1.165, 1.54) is 17.5 Å².